The second kappa shape index (κ2) is 7.03. The van der Waals surface area contributed by atoms with E-state index >= 15 is 0 Å². The van der Waals surface area contributed by atoms with Crippen LogP contribution in [0.4, 0.5) is 0 Å². The van der Waals surface area contributed by atoms with Crippen LogP contribution in [0.1, 0.15) is 5.56 Å². The number of nitrogens with zero attached hydrogens (tertiary/aromatic N) is 1. The average Bonchev–Trinajstić information content (AvgIpc) is 2.67. The summed E-state index contributed by atoms with van der Waals surface area (Å²) in [6.45, 7) is 0. The highest BCUT2D eigenvalue weighted by atomic mass is 16.5. The molecular weight excluding hydrogens is 332 g/mol. The molecule has 0 amide bonds. The van der Waals surface area contributed by atoms with Gasteiger partial charge in [-0.25, -0.2) is 0 Å². The Morgan fingerprint density at radius 3 is 2.42 bits per heavy atom. The SMILES string of the molecule is COc1ccc(OC)c(-c2cc(-c3ccccc3O)[nH]c(=O)c2C#N)c1. The Kier molecular flexibility index (Phi) is 4.63. The highest BCUT2D eigenvalue weighted by molar-refractivity contribution is 5.80. The maximum absolute atomic E-state index is 12.5. The molecule has 1 heterocycles. The van der Waals surface area contributed by atoms with E-state index in [4.69, 9.17) is 9.47 Å². The quantitative estimate of drug-likeness (QED) is 0.754. The number of hydrogen-bond acceptors (Lipinski definition) is 5. The van der Waals surface area contributed by atoms with Crippen molar-refractivity contribution in [1.29, 1.82) is 5.26 Å². The molecule has 0 aliphatic carbocycles. The van der Waals surface area contributed by atoms with E-state index in [0.717, 1.165) is 0 Å². The van der Waals surface area contributed by atoms with Crippen molar-refractivity contribution in [2.45, 2.75) is 0 Å². The van der Waals surface area contributed by atoms with E-state index in [1.165, 1.54) is 20.3 Å². The van der Waals surface area contributed by atoms with Gasteiger partial charge in [-0.05, 0) is 36.4 Å². The molecule has 0 radical (unpaired) electrons. The number of nitrogens with one attached hydrogen (secondary N) is 1. The first-order valence-corrected chi connectivity index (χ1v) is 7.77. The molecule has 0 atom stereocenters. The van der Waals surface area contributed by atoms with Crippen molar-refractivity contribution in [2.75, 3.05) is 14.2 Å². The molecule has 26 heavy (non-hydrogen) atoms. The minimum atomic E-state index is -0.548. The maximum Gasteiger partial charge on any atom is 0.266 e. The summed E-state index contributed by atoms with van der Waals surface area (Å²) in [6, 6.07) is 15.4. The largest absolute Gasteiger partial charge is 0.507 e. The molecule has 0 fully saturated rings. The van der Waals surface area contributed by atoms with Gasteiger partial charge in [0.05, 0.1) is 19.9 Å². The fourth-order valence-corrected chi connectivity index (χ4v) is 2.75. The van der Waals surface area contributed by atoms with Crippen LogP contribution in [0.2, 0.25) is 0 Å². The first-order chi connectivity index (χ1) is 12.6. The first kappa shape index (κ1) is 17.1. The number of methoxy groups -OCH3 is 2. The minimum absolute atomic E-state index is 0.0245. The number of rotatable bonds is 4. The summed E-state index contributed by atoms with van der Waals surface area (Å²) in [5.41, 5.74) is 1.20. The van der Waals surface area contributed by atoms with E-state index in [1.807, 2.05) is 6.07 Å². The third-order valence-corrected chi connectivity index (χ3v) is 4.04. The molecule has 3 rings (SSSR count). The number of benzene rings is 2. The molecule has 2 aromatic carbocycles. The second-order valence-electron chi connectivity index (χ2n) is 5.50. The van der Waals surface area contributed by atoms with Crippen molar-refractivity contribution in [1.82, 2.24) is 4.98 Å². The van der Waals surface area contributed by atoms with Crippen molar-refractivity contribution in [3.05, 3.63) is 64.4 Å². The lowest BCUT2D eigenvalue weighted by Crippen LogP contribution is -2.13. The summed E-state index contributed by atoms with van der Waals surface area (Å²) in [7, 11) is 3.04. The number of nitriles is 1. The Labute approximate surface area is 149 Å². The van der Waals surface area contributed by atoms with Gasteiger partial charge in [0.15, 0.2) is 0 Å². The Hall–Kier alpha value is -3.72. The zero-order valence-electron chi connectivity index (χ0n) is 14.2. The number of phenolic OH excluding ortho intramolecular Hbond substituents is 1. The summed E-state index contributed by atoms with van der Waals surface area (Å²) >= 11 is 0. The number of ether oxygens (including phenoxy) is 2. The van der Waals surface area contributed by atoms with Crippen molar-refractivity contribution in [2.24, 2.45) is 0 Å². The monoisotopic (exact) mass is 348 g/mol. The van der Waals surface area contributed by atoms with Crippen LogP contribution < -0.4 is 15.0 Å². The molecule has 6 nitrogen and oxygen atoms in total. The third-order valence-electron chi connectivity index (χ3n) is 4.04. The van der Waals surface area contributed by atoms with Crippen LogP contribution in [-0.2, 0) is 0 Å². The highest BCUT2D eigenvalue weighted by Crippen LogP contribution is 2.37. The number of phenols is 1. The summed E-state index contributed by atoms with van der Waals surface area (Å²) in [5.74, 6) is 1.08. The number of hydrogen-bond donors (Lipinski definition) is 2. The summed E-state index contributed by atoms with van der Waals surface area (Å²) < 4.78 is 10.6. The average molecular weight is 348 g/mol. The fourth-order valence-electron chi connectivity index (χ4n) is 2.75. The van der Waals surface area contributed by atoms with Crippen LogP contribution in [0.25, 0.3) is 22.4 Å². The van der Waals surface area contributed by atoms with Gasteiger partial charge in [-0.15, -0.1) is 0 Å². The Morgan fingerprint density at radius 2 is 1.77 bits per heavy atom. The molecule has 0 saturated carbocycles. The molecule has 1 aromatic heterocycles. The molecule has 0 bridgehead atoms. The number of para-hydroxylation sites is 1. The number of aromatic amines is 1. The van der Waals surface area contributed by atoms with Gasteiger partial charge in [0.1, 0.15) is 28.9 Å². The third kappa shape index (κ3) is 2.98. The standard InChI is InChI=1S/C20H16N2O4/c1-25-12-7-8-19(26-2)15(9-12)14-10-17(22-20(24)16(14)11-21)13-5-3-4-6-18(13)23/h3-10,23H,1-2H3,(H,22,24). The molecule has 2 N–H and O–H groups in total. The van der Waals surface area contributed by atoms with E-state index in [1.54, 1.807) is 42.5 Å². The topological polar surface area (TPSA) is 95.3 Å². The molecule has 0 unspecified atom stereocenters. The van der Waals surface area contributed by atoms with Gasteiger partial charge in [-0.3, -0.25) is 4.79 Å². The van der Waals surface area contributed by atoms with Crippen LogP contribution in [-0.4, -0.2) is 24.3 Å². The molecule has 6 heteroatoms. The van der Waals surface area contributed by atoms with Crippen LogP contribution in [0.3, 0.4) is 0 Å². The predicted octanol–water partition coefficient (Wildman–Crippen LogP) is 3.30. The lowest BCUT2D eigenvalue weighted by molar-refractivity contribution is 0.404. The highest BCUT2D eigenvalue weighted by Gasteiger charge is 2.17. The zero-order valence-corrected chi connectivity index (χ0v) is 14.2. The van der Waals surface area contributed by atoms with Crippen molar-refractivity contribution in [3.63, 3.8) is 0 Å². The Morgan fingerprint density at radius 1 is 1.00 bits per heavy atom. The number of aromatic nitrogens is 1. The lowest BCUT2D eigenvalue weighted by atomic mass is 9.97. The molecule has 3 aromatic rings. The molecule has 0 aliphatic heterocycles. The van der Waals surface area contributed by atoms with Gasteiger partial charge in [0.2, 0.25) is 0 Å². The van der Waals surface area contributed by atoms with Crippen LogP contribution in [0.5, 0.6) is 17.2 Å². The van der Waals surface area contributed by atoms with Crippen molar-refractivity contribution in [3.8, 4) is 45.7 Å². The molecule has 130 valence electrons. The van der Waals surface area contributed by atoms with Gasteiger partial charge >= 0.3 is 0 Å². The Bertz CT molecular complexity index is 1060. The van der Waals surface area contributed by atoms with Crippen LogP contribution in [0, 0.1) is 11.3 Å². The summed E-state index contributed by atoms with van der Waals surface area (Å²) in [5, 5.41) is 19.6. The molecule has 0 aliphatic rings. The molecular formula is C20H16N2O4. The van der Waals surface area contributed by atoms with E-state index < -0.39 is 5.56 Å². The van der Waals surface area contributed by atoms with Crippen LogP contribution in [0.15, 0.2) is 53.3 Å². The summed E-state index contributed by atoms with van der Waals surface area (Å²) in [6.07, 6.45) is 0. The lowest BCUT2D eigenvalue weighted by Gasteiger charge is -2.13. The molecule has 0 spiro atoms. The Balaban J connectivity index is 2.33. The normalized spacial score (nSPS) is 10.2. The van der Waals surface area contributed by atoms with Gasteiger partial charge in [0.25, 0.3) is 5.56 Å². The van der Waals surface area contributed by atoms with E-state index in [9.17, 15) is 15.2 Å². The first-order valence-electron chi connectivity index (χ1n) is 7.77. The van der Waals surface area contributed by atoms with E-state index in [2.05, 4.69) is 4.98 Å². The van der Waals surface area contributed by atoms with Crippen molar-refractivity contribution >= 4 is 0 Å². The van der Waals surface area contributed by atoms with Crippen LogP contribution >= 0.6 is 0 Å². The fraction of sp³-hybridized carbons (Fsp3) is 0.100. The van der Waals surface area contributed by atoms with Gasteiger partial charge in [0, 0.05) is 16.7 Å². The van der Waals surface area contributed by atoms with E-state index in [-0.39, 0.29) is 11.3 Å². The van der Waals surface area contributed by atoms with Gasteiger partial charge < -0.3 is 19.6 Å². The number of aromatic hydroxyl groups is 1. The minimum Gasteiger partial charge on any atom is -0.507 e. The van der Waals surface area contributed by atoms with Crippen molar-refractivity contribution < 1.29 is 14.6 Å². The van der Waals surface area contributed by atoms with Gasteiger partial charge in [-0.1, -0.05) is 12.1 Å². The van der Waals surface area contributed by atoms with Gasteiger partial charge in [-0.2, -0.15) is 5.26 Å². The second-order valence-corrected chi connectivity index (χ2v) is 5.50. The van der Waals surface area contributed by atoms with E-state index in [0.29, 0.717) is 33.9 Å². The summed E-state index contributed by atoms with van der Waals surface area (Å²) in [4.78, 5) is 15.1. The maximum atomic E-state index is 12.5. The predicted molar refractivity (Wildman–Crippen MR) is 97.4 cm³/mol. The smallest absolute Gasteiger partial charge is 0.266 e. The number of H-pyrrole nitrogens is 1. The zero-order chi connectivity index (χ0) is 18.7. The molecule has 0 saturated heterocycles. The number of pyridine rings is 1.